The Kier molecular flexibility index (Phi) is 5.44. The molecule has 0 bridgehead atoms. The third-order valence-corrected chi connectivity index (χ3v) is 2.23. The first-order chi connectivity index (χ1) is 5.66. The zero-order chi connectivity index (χ0) is 9.14. The molecule has 0 spiro atoms. The molecule has 0 heterocycles. The smallest absolute Gasteiger partial charge is 0.129 e. The van der Waals surface area contributed by atoms with Crippen molar-refractivity contribution in [1.29, 1.82) is 0 Å². The Morgan fingerprint density at radius 3 is 2.54 bits per heavy atom. The van der Waals surface area contributed by atoms with Gasteiger partial charge in [0.1, 0.15) is 12.5 Å². The van der Waals surface area contributed by atoms with E-state index in [0.717, 1.165) is 0 Å². The van der Waals surface area contributed by atoms with Crippen LogP contribution in [0.15, 0.2) is 22.7 Å². The fourth-order valence-corrected chi connectivity index (χ4v) is 1.58. The van der Waals surface area contributed by atoms with E-state index in [1.807, 2.05) is 0 Å². The van der Waals surface area contributed by atoms with Crippen LogP contribution in [0.2, 0.25) is 0 Å². The van der Waals surface area contributed by atoms with Crippen LogP contribution < -0.4 is 5.73 Å². The number of hydrogen-bond acceptors (Lipinski definition) is 1. The van der Waals surface area contributed by atoms with Crippen LogP contribution in [-0.2, 0) is 0 Å². The minimum atomic E-state index is -0.888. The van der Waals surface area contributed by atoms with Crippen molar-refractivity contribution in [2.24, 2.45) is 5.73 Å². The SMILES string of the molecule is Cl.N[C@H](CF)c1c(F)cccc1Br. The van der Waals surface area contributed by atoms with Gasteiger partial charge in [-0.15, -0.1) is 12.4 Å². The van der Waals surface area contributed by atoms with Gasteiger partial charge in [0.25, 0.3) is 0 Å². The van der Waals surface area contributed by atoms with Crippen LogP contribution >= 0.6 is 28.3 Å². The third-order valence-electron chi connectivity index (χ3n) is 1.54. The lowest BCUT2D eigenvalue weighted by molar-refractivity contribution is 0.426. The lowest BCUT2D eigenvalue weighted by Gasteiger charge is -2.10. The highest BCUT2D eigenvalue weighted by Crippen LogP contribution is 2.24. The Labute approximate surface area is 89.9 Å². The van der Waals surface area contributed by atoms with E-state index in [1.54, 1.807) is 6.07 Å². The van der Waals surface area contributed by atoms with Crippen LogP contribution in [0.1, 0.15) is 11.6 Å². The lowest BCUT2D eigenvalue weighted by Crippen LogP contribution is -2.14. The fourth-order valence-electron chi connectivity index (χ4n) is 0.942. The summed E-state index contributed by atoms with van der Waals surface area (Å²) in [6, 6.07) is 3.54. The molecule has 0 aliphatic carbocycles. The van der Waals surface area contributed by atoms with Gasteiger partial charge in [0.15, 0.2) is 0 Å². The summed E-state index contributed by atoms with van der Waals surface area (Å²) in [5, 5.41) is 0. The molecule has 0 unspecified atom stereocenters. The molecule has 1 aromatic rings. The first-order valence-electron chi connectivity index (χ1n) is 3.42. The fraction of sp³-hybridized carbons (Fsp3) is 0.250. The van der Waals surface area contributed by atoms with Gasteiger partial charge in [-0.3, -0.25) is 0 Å². The van der Waals surface area contributed by atoms with Crippen molar-refractivity contribution >= 4 is 28.3 Å². The predicted octanol–water partition coefficient (Wildman–Crippen LogP) is 2.98. The normalized spacial score (nSPS) is 12.0. The van der Waals surface area contributed by atoms with Crippen molar-refractivity contribution in [3.63, 3.8) is 0 Å². The largest absolute Gasteiger partial charge is 0.322 e. The predicted molar refractivity (Wildman–Crippen MR) is 54.3 cm³/mol. The standard InChI is InChI=1S/C8H8BrF2N.ClH/c9-5-2-1-3-6(11)8(5)7(12)4-10;/h1-3,7H,4,12H2;1H/t7-;/m1./s1. The summed E-state index contributed by atoms with van der Waals surface area (Å²) in [5.74, 6) is -0.477. The van der Waals surface area contributed by atoms with E-state index in [2.05, 4.69) is 15.9 Å². The highest BCUT2D eigenvalue weighted by molar-refractivity contribution is 9.10. The first kappa shape index (κ1) is 12.8. The van der Waals surface area contributed by atoms with Crippen LogP contribution in [0.25, 0.3) is 0 Å². The second-order valence-corrected chi connectivity index (χ2v) is 3.25. The minimum Gasteiger partial charge on any atom is -0.322 e. The van der Waals surface area contributed by atoms with E-state index >= 15 is 0 Å². The van der Waals surface area contributed by atoms with E-state index < -0.39 is 18.5 Å². The molecule has 13 heavy (non-hydrogen) atoms. The van der Waals surface area contributed by atoms with Crippen LogP contribution in [0.4, 0.5) is 8.78 Å². The van der Waals surface area contributed by atoms with E-state index in [1.165, 1.54) is 12.1 Å². The zero-order valence-corrected chi connectivity index (χ0v) is 9.04. The first-order valence-corrected chi connectivity index (χ1v) is 4.21. The monoisotopic (exact) mass is 271 g/mol. The topological polar surface area (TPSA) is 26.0 Å². The van der Waals surface area contributed by atoms with Gasteiger partial charge in [-0.05, 0) is 12.1 Å². The molecule has 74 valence electrons. The second-order valence-electron chi connectivity index (χ2n) is 2.40. The molecule has 1 aromatic carbocycles. The molecule has 1 atom stereocenters. The third kappa shape index (κ3) is 2.90. The number of hydrogen-bond donors (Lipinski definition) is 1. The number of alkyl halides is 1. The second kappa shape index (κ2) is 5.52. The molecule has 0 aromatic heterocycles. The van der Waals surface area contributed by atoms with Gasteiger partial charge in [0, 0.05) is 10.0 Å². The van der Waals surface area contributed by atoms with E-state index in [9.17, 15) is 8.78 Å². The summed E-state index contributed by atoms with van der Waals surface area (Å²) in [6.07, 6.45) is 0. The Morgan fingerprint density at radius 2 is 2.08 bits per heavy atom. The van der Waals surface area contributed by atoms with Crippen LogP contribution in [-0.4, -0.2) is 6.67 Å². The summed E-state index contributed by atoms with van der Waals surface area (Å²) in [7, 11) is 0. The van der Waals surface area contributed by atoms with Gasteiger partial charge in [-0.2, -0.15) is 0 Å². The van der Waals surface area contributed by atoms with Gasteiger partial charge in [-0.25, -0.2) is 8.78 Å². The number of halogens is 4. The van der Waals surface area contributed by atoms with Crippen LogP contribution in [0.3, 0.4) is 0 Å². The summed E-state index contributed by atoms with van der Waals surface area (Å²) in [6.45, 7) is -0.764. The van der Waals surface area contributed by atoms with Gasteiger partial charge < -0.3 is 5.73 Å². The van der Waals surface area contributed by atoms with Gasteiger partial charge in [0.2, 0.25) is 0 Å². The maximum atomic E-state index is 13.0. The molecule has 0 fully saturated rings. The minimum absolute atomic E-state index is 0. The molecule has 0 aliphatic rings. The molecule has 0 saturated carbocycles. The van der Waals surface area contributed by atoms with E-state index in [4.69, 9.17) is 5.73 Å². The highest BCUT2D eigenvalue weighted by atomic mass is 79.9. The van der Waals surface area contributed by atoms with Gasteiger partial charge >= 0.3 is 0 Å². The average Bonchev–Trinajstić information content (AvgIpc) is 2.03. The van der Waals surface area contributed by atoms with E-state index in [0.29, 0.717) is 4.47 Å². The Balaban J connectivity index is 0.00000144. The zero-order valence-electron chi connectivity index (χ0n) is 6.64. The Bertz CT molecular complexity index is 263. The number of rotatable bonds is 2. The van der Waals surface area contributed by atoms with Gasteiger partial charge in [0.05, 0.1) is 6.04 Å². The summed E-state index contributed by atoms with van der Waals surface area (Å²) < 4.78 is 25.6. The molecule has 5 heteroatoms. The molecule has 0 aliphatic heterocycles. The molecule has 1 rings (SSSR count). The van der Waals surface area contributed by atoms with E-state index in [-0.39, 0.29) is 18.0 Å². The summed E-state index contributed by atoms with van der Waals surface area (Å²) in [5.41, 5.74) is 5.55. The summed E-state index contributed by atoms with van der Waals surface area (Å²) in [4.78, 5) is 0. The van der Waals surface area contributed by atoms with Crippen molar-refractivity contribution < 1.29 is 8.78 Å². The molecule has 2 N–H and O–H groups in total. The molecule has 0 amide bonds. The van der Waals surface area contributed by atoms with Crippen molar-refractivity contribution in [2.45, 2.75) is 6.04 Å². The molecular weight excluding hydrogens is 263 g/mol. The number of nitrogens with two attached hydrogens (primary N) is 1. The van der Waals surface area contributed by atoms with Gasteiger partial charge in [-0.1, -0.05) is 22.0 Å². The summed E-state index contributed by atoms with van der Waals surface area (Å²) >= 11 is 3.10. The quantitative estimate of drug-likeness (QED) is 0.880. The van der Waals surface area contributed by atoms with Crippen molar-refractivity contribution in [1.82, 2.24) is 0 Å². The van der Waals surface area contributed by atoms with Crippen molar-refractivity contribution in [3.05, 3.63) is 34.1 Å². The average molecular weight is 273 g/mol. The Morgan fingerprint density at radius 1 is 1.46 bits per heavy atom. The maximum absolute atomic E-state index is 13.0. The molecule has 0 radical (unpaired) electrons. The van der Waals surface area contributed by atoms with Crippen LogP contribution in [0, 0.1) is 5.82 Å². The van der Waals surface area contributed by atoms with Crippen molar-refractivity contribution in [2.75, 3.05) is 6.67 Å². The highest BCUT2D eigenvalue weighted by Gasteiger charge is 2.13. The maximum Gasteiger partial charge on any atom is 0.129 e. The molecular formula is C8H9BrClF2N. The molecule has 0 saturated heterocycles. The van der Waals surface area contributed by atoms with Crippen molar-refractivity contribution in [3.8, 4) is 0 Å². The van der Waals surface area contributed by atoms with Crippen LogP contribution in [0.5, 0.6) is 0 Å². The number of benzene rings is 1. The Hall–Kier alpha value is -0.190. The lowest BCUT2D eigenvalue weighted by atomic mass is 10.1. The molecule has 1 nitrogen and oxygen atoms in total.